The summed E-state index contributed by atoms with van der Waals surface area (Å²) >= 11 is 0.958. The van der Waals surface area contributed by atoms with E-state index in [1.54, 1.807) is 0 Å². The van der Waals surface area contributed by atoms with Crippen molar-refractivity contribution in [2.24, 2.45) is 0 Å². The van der Waals surface area contributed by atoms with Crippen LogP contribution in [0.25, 0.3) is 0 Å². The fraction of sp³-hybridized carbons (Fsp3) is 0.273. The second-order valence-electron chi connectivity index (χ2n) is 3.81. The molecule has 1 rings (SSSR count). The Bertz CT molecular complexity index is 553. The van der Waals surface area contributed by atoms with E-state index in [0.29, 0.717) is 5.00 Å². The summed E-state index contributed by atoms with van der Waals surface area (Å²) in [4.78, 5) is 44.1. The van der Waals surface area contributed by atoms with Crippen molar-refractivity contribution in [3.63, 3.8) is 0 Å². The lowest BCUT2D eigenvalue weighted by Gasteiger charge is -2.11. The molecule has 0 aliphatic rings. The first-order chi connectivity index (χ1) is 9.29. The lowest BCUT2D eigenvalue weighted by atomic mass is 10.2. The van der Waals surface area contributed by atoms with Crippen LogP contribution in [0.3, 0.4) is 0 Å². The predicted molar refractivity (Wildman–Crippen MR) is 69.8 cm³/mol. The van der Waals surface area contributed by atoms with Gasteiger partial charge in [0.2, 0.25) is 5.91 Å². The average molecular weight is 300 g/mol. The molecular formula is C11H12N2O6S. The molecule has 1 atom stereocenters. The Hall–Kier alpha value is -2.42. The van der Waals surface area contributed by atoms with Gasteiger partial charge in [0.1, 0.15) is 6.04 Å². The van der Waals surface area contributed by atoms with Crippen molar-refractivity contribution >= 4 is 40.1 Å². The van der Waals surface area contributed by atoms with E-state index in [4.69, 9.17) is 10.2 Å². The Morgan fingerprint density at radius 1 is 1.25 bits per heavy atom. The summed E-state index contributed by atoms with van der Waals surface area (Å²) in [6, 6.07) is 1.39. The number of thiophene rings is 1. The molecule has 0 aliphatic heterocycles. The maximum absolute atomic E-state index is 11.8. The second kappa shape index (κ2) is 6.66. The molecular weight excluding hydrogens is 288 g/mol. The fourth-order valence-corrected chi connectivity index (χ4v) is 2.16. The first-order valence-corrected chi connectivity index (χ1v) is 6.24. The number of amides is 2. The summed E-state index contributed by atoms with van der Waals surface area (Å²) in [6.07, 6.45) is -0.717. The highest BCUT2D eigenvalue weighted by atomic mass is 32.1. The number of carboxylic acid groups (broad SMARTS) is 2. The Balaban J connectivity index is 2.73. The van der Waals surface area contributed by atoms with E-state index in [-0.39, 0.29) is 10.8 Å². The number of carbonyl (C=O) groups excluding carboxylic acids is 2. The zero-order valence-electron chi connectivity index (χ0n) is 10.4. The topological polar surface area (TPSA) is 133 Å². The molecule has 9 heteroatoms. The average Bonchev–Trinajstić information content (AvgIpc) is 2.74. The van der Waals surface area contributed by atoms with Gasteiger partial charge < -0.3 is 20.8 Å². The second-order valence-corrected chi connectivity index (χ2v) is 4.89. The molecule has 1 aromatic heterocycles. The molecule has 0 aliphatic carbocycles. The van der Waals surface area contributed by atoms with Crippen LogP contribution in [-0.2, 0) is 14.4 Å². The minimum atomic E-state index is -1.51. The zero-order chi connectivity index (χ0) is 15.3. The SMILES string of the molecule is CC(=O)Nc1ccc(C(=O)NC(CC(=O)O)C(=O)O)s1. The van der Waals surface area contributed by atoms with Crippen molar-refractivity contribution in [3.8, 4) is 0 Å². The number of carboxylic acids is 2. The van der Waals surface area contributed by atoms with E-state index in [9.17, 15) is 19.2 Å². The third-order valence-electron chi connectivity index (χ3n) is 2.11. The molecule has 108 valence electrons. The van der Waals surface area contributed by atoms with Gasteiger partial charge in [-0.2, -0.15) is 0 Å². The van der Waals surface area contributed by atoms with Crippen LogP contribution in [0.1, 0.15) is 23.0 Å². The number of hydrogen-bond donors (Lipinski definition) is 4. The van der Waals surface area contributed by atoms with Crippen molar-refractivity contribution in [1.29, 1.82) is 0 Å². The van der Waals surface area contributed by atoms with Crippen molar-refractivity contribution in [1.82, 2.24) is 5.32 Å². The van der Waals surface area contributed by atoms with Crippen LogP contribution in [0.4, 0.5) is 5.00 Å². The third-order valence-corrected chi connectivity index (χ3v) is 3.11. The third kappa shape index (κ3) is 4.69. The molecule has 1 unspecified atom stereocenters. The summed E-state index contributed by atoms with van der Waals surface area (Å²) in [7, 11) is 0. The summed E-state index contributed by atoms with van der Waals surface area (Å²) in [5, 5.41) is 22.4. The van der Waals surface area contributed by atoms with Gasteiger partial charge in [-0.3, -0.25) is 14.4 Å². The van der Waals surface area contributed by atoms with Gasteiger partial charge in [-0.25, -0.2) is 4.79 Å². The smallest absolute Gasteiger partial charge is 0.326 e. The van der Waals surface area contributed by atoms with Gasteiger partial charge >= 0.3 is 11.9 Å². The Labute approximate surface area is 117 Å². The molecule has 0 saturated carbocycles. The van der Waals surface area contributed by atoms with E-state index in [1.165, 1.54) is 19.1 Å². The molecule has 0 aromatic carbocycles. The van der Waals surface area contributed by atoms with Crippen molar-refractivity contribution in [2.75, 3.05) is 5.32 Å². The van der Waals surface area contributed by atoms with Gasteiger partial charge in [0.15, 0.2) is 0 Å². The van der Waals surface area contributed by atoms with Crippen molar-refractivity contribution in [2.45, 2.75) is 19.4 Å². The van der Waals surface area contributed by atoms with Crippen LogP contribution < -0.4 is 10.6 Å². The normalized spacial score (nSPS) is 11.4. The summed E-state index contributed by atoms with van der Waals surface area (Å²) in [5.74, 6) is -3.77. The highest BCUT2D eigenvalue weighted by Gasteiger charge is 2.24. The van der Waals surface area contributed by atoms with E-state index in [0.717, 1.165) is 11.3 Å². The Morgan fingerprint density at radius 3 is 2.40 bits per heavy atom. The van der Waals surface area contributed by atoms with Crippen LogP contribution in [-0.4, -0.2) is 40.0 Å². The standard InChI is InChI=1S/C11H12N2O6S/c1-5(14)12-8-3-2-7(20-8)10(17)13-6(11(18)19)4-9(15)16/h2-3,6H,4H2,1H3,(H,12,14)(H,13,17)(H,15,16)(H,18,19). The van der Waals surface area contributed by atoms with Crippen LogP contribution in [0, 0.1) is 0 Å². The lowest BCUT2D eigenvalue weighted by molar-refractivity contribution is -0.145. The van der Waals surface area contributed by atoms with Gasteiger partial charge in [0.05, 0.1) is 16.3 Å². The molecule has 0 bridgehead atoms. The molecule has 0 spiro atoms. The van der Waals surface area contributed by atoms with Gasteiger partial charge in [-0.15, -0.1) is 11.3 Å². The minimum Gasteiger partial charge on any atom is -0.481 e. The molecule has 0 radical (unpaired) electrons. The summed E-state index contributed by atoms with van der Waals surface area (Å²) in [5.41, 5.74) is 0. The van der Waals surface area contributed by atoms with Crippen LogP contribution >= 0.6 is 11.3 Å². The molecule has 1 aromatic rings. The van der Waals surface area contributed by atoms with E-state index >= 15 is 0 Å². The molecule has 4 N–H and O–H groups in total. The first-order valence-electron chi connectivity index (χ1n) is 5.42. The number of hydrogen-bond acceptors (Lipinski definition) is 5. The van der Waals surface area contributed by atoms with Crippen LogP contribution in [0.5, 0.6) is 0 Å². The van der Waals surface area contributed by atoms with Gasteiger partial charge in [-0.1, -0.05) is 0 Å². The Kier molecular flexibility index (Phi) is 5.21. The quantitative estimate of drug-likeness (QED) is 0.599. The molecule has 0 saturated heterocycles. The van der Waals surface area contributed by atoms with Crippen LogP contribution in [0.15, 0.2) is 12.1 Å². The Morgan fingerprint density at radius 2 is 1.90 bits per heavy atom. The van der Waals surface area contributed by atoms with Gasteiger partial charge in [-0.05, 0) is 12.1 Å². The number of anilines is 1. The summed E-state index contributed by atoms with van der Waals surface area (Å²) < 4.78 is 0. The zero-order valence-corrected chi connectivity index (χ0v) is 11.2. The molecule has 0 fully saturated rings. The van der Waals surface area contributed by atoms with Crippen molar-refractivity contribution < 1.29 is 29.4 Å². The minimum absolute atomic E-state index is 0.172. The highest BCUT2D eigenvalue weighted by Crippen LogP contribution is 2.21. The van der Waals surface area contributed by atoms with Crippen LogP contribution in [0.2, 0.25) is 0 Å². The predicted octanol–water partition coefficient (Wildman–Crippen LogP) is 0.364. The number of nitrogens with one attached hydrogen (secondary N) is 2. The first kappa shape index (κ1) is 15.6. The molecule has 2 amide bonds. The maximum Gasteiger partial charge on any atom is 0.326 e. The lowest BCUT2D eigenvalue weighted by Crippen LogP contribution is -2.41. The summed E-state index contributed by atoms with van der Waals surface area (Å²) in [6.45, 7) is 1.31. The van der Waals surface area contributed by atoms with E-state index < -0.39 is 30.3 Å². The van der Waals surface area contributed by atoms with E-state index in [1.807, 2.05) is 0 Å². The number of aliphatic carboxylic acids is 2. The van der Waals surface area contributed by atoms with E-state index in [2.05, 4.69) is 10.6 Å². The maximum atomic E-state index is 11.8. The molecule has 1 heterocycles. The van der Waals surface area contributed by atoms with Gasteiger partial charge in [0.25, 0.3) is 5.91 Å². The van der Waals surface area contributed by atoms with Crippen molar-refractivity contribution in [3.05, 3.63) is 17.0 Å². The number of rotatable bonds is 6. The monoisotopic (exact) mass is 300 g/mol. The number of carbonyl (C=O) groups is 4. The fourth-order valence-electron chi connectivity index (χ4n) is 1.30. The largest absolute Gasteiger partial charge is 0.481 e. The van der Waals surface area contributed by atoms with Gasteiger partial charge in [0, 0.05) is 6.92 Å². The molecule has 8 nitrogen and oxygen atoms in total. The highest BCUT2D eigenvalue weighted by molar-refractivity contribution is 7.18. The molecule has 20 heavy (non-hydrogen) atoms.